The van der Waals surface area contributed by atoms with Crippen molar-refractivity contribution in [1.82, 2.24) is 4.57 Å². The summed E-state index contributed by atoms with van der Waals surface area (Å²) >= 11 is 0. The molecule has 1 unspecified atom stereocenters. The molecule has 1 fully saturated rings. The van der Waals surface area contributed by atoms with E-state index in [2.05, 4.69) is 42.1 Å². The van der Waals surface area contributed by atoms with Crippen LogP contribution in [0.5, 0.6) is 0 Å². The average Bonchev–Trinajstić information content (AvgIpc) is 2.97. The fraction of sp³-hybridized carbons (Fsp3) is 0.467. The van der Waals surface area contributed by atoms with Crippen molar-refractivity contribution in [2.45, 2.75) is 31.7 Å². The van der Waals surface area contributed by atoms with Gasteiger partial charge in [0.2, 0.25) is 0 Å². The van der Waals surface area contributed by atoms with Crippen LogP contribution in [0.25, 0.3) is 10.9 Å². The van der Waals surface area contributed by atoms with Gasteiger partial charge in [-0.25, -0.2) is 0 Å². The monoisotopic (exact) mass is 228 g/mol. The van der Waals surface area contributed by atoms with Crippen LogP contribution >= 0.6 is 0 Å². The lowest BCUT2D eigenvalue weighted by Gasteiger charge is -2.18. The zero-order chi connectivity index (χ0) is 11.8. The Morgan fingerprint density at radius 1 is 1.24 bits per heavy atom. The number of nitrogens with two attached hydrogens (primary N) is 1. The summed E-state index contributed by atoms with van der Waals surface area (Å²) in [5.74, 6) is 0.681. The topological polar surface area (TPSA) is 30.9 Å². The molecule has 3 rings (SSSR count). The number of benzene rings is 1. The maximum atomic E-state index is 6.47. The van der Waals surface area contributed by atoms with E-state index in [-0.39, 0.29) is 6.04 Å². The Bertz CT molecular complexity index is 521. The molecule has 2 heteroatoms. The number of aromatic nitrogens is 1. The second-order valence-corrected chi connectivity index (χ2v) is 5.28. The summed E-state index contributed by atoms with van der Waals surface area (Å²) < 4.78 is 2.19. The van der Waals surface area contributed by atoms with Gasteiger partial charge in [0.15, 0.2) is 0 Å². The van der Waals surface area contributed by atoms with Crippen molar-refractivity contribution in [3.05, 3.63) is 36.0 Å². The summed E-state index contributed by atoms with van der Waals surface area (Å²) in [6.45, 7) is 0. The molecule has 0 bridgehead atoms. The number of hydrogen-bond acceptors (Lipinski definition) is 1. The lowest BCUT2D eigenvalue weighted by Crippen LogP contribution is -2.18. The molecule has 0 spiro atoms. The van der Waals surface area contributed by atoms with E-state index in [4.69, 9.17) is 5.73 Å². The van der Waals surface area contributed by atoms with Crippen LogP contribution in [0.2, 0.25) is 0 Å². The highest BCUT2D eigenvalue weighted by atomic mass is 14.9. The van der Waals surface area contributed by atoms with Gasteiger partial charge in [0.1, 0.15) is 0 Å². The predicted molar refractivity (Wildman–Crippen MR) is 71.8 cm³/mol. The smallest absolute Gasteiger partial charge is 0.0481 e. The van der Waals surface area contributed by atoms with Gasteiger partial charge in [-0.1, -0.05) is 31.0 Å². The molecule has 2 N–H and O–H groups in total. The van der Waals surface area contributed by atoms with Crippen LogP contribution in [0.3, 0.4) is 0 Å². The number of fused-ring (bicyclic) bond motifs is 1. The summed E-state index contributed by atoms with van der Waals surface area (Å²) in [5, 5.41) is 1.33. The molecule has 1 aromatic carbocycles. The van der Waals surface area contributed by atoms with Crippen molar-refractivity contribution in [3.8, 4) is 0 Å². The van der Waals surface area contributed by atoms with Crippen LogP contribution in [0.15, 0.2) is 30.5 Å². The highest BCUT2D eigenvalue weighted by Crippen LogP contribution is 2.37. The standard InChI is InChI=1S/C15H20N2/c1-17-10-13(12-8-4-5-9-14(12)17)15(16)11-6-2-3-7-11/h4-5,8-11,15H,2-3,6-7,16H2,1H3. The number of para-hydroxylation sites is 1. The Kier molecular flexibility index (Phi) is 2.67. The van der Waals surface area contributed by atoms with Gasteiger partial charge in [0.05, 0.1) is 0 Å². The molecular weight excluding hydrogens is 208 g/mol. The highest BCUT2D eigenvalue weighted by Gasteiger charge is 2.25. The summed E-state index contributed by atoms with van der Waals surface area (Å²) in [4.78, 5) is 0. The molecule has 0 aliphatic heterocycles. The zero-order valence-electron chi connectivity index (χ0n) is 10.4. The zero-order valence-corrected chi connectivity index (χ0v) is 10.4. The first-order valence-electron chi connectivity index (χ1n) is 6.57. The normalized spacial score (nSPS) is 18.9. The number of nitrogens with zero attached hydrogens (tertiary/aromatic N) is 1. The Hall–Kier alpha value is -1.28. The van der Waals surface area contributed by atoms with E-state index < -0.39 is 0 Å². The van der Waals surface area contributed by atoms with Crippen LogP contribution < -0.4 is 5.73 Å². The third-order valence-electron chi connectivity index (χ3n) is 4.19. The number of rotatable bonds is 2. The van der Waals surface area contributed by atoms with Crippen LogP contribution in [-0.2, 0) is 7.05 Å². The van der Waals surface area contributed by atoms with Crippen LogP contribution in [-0.4, -0.2) is 4.57 Å². The molecule has 1 aromatic heterocycles. The van der Waals surface area contributed by atoms with Crippen molar-refractivity contribution in [3.63, 3.8) is 0 Å². The summed E-state index contributed by atoms with van der Waals surface area (Å²) in [6.07, 6.45) is 7.51. The molecular formula is C15H20N2. The van der Waals surface area contributed by atoms with Crippen molar-refractivity contribution in [2.24, 2.45) is 18.7 Å². The van der Waals surface area contributed by atoms with E-state index in [1.54, 1.807) is 0 Å². The van der Waals surface area contributed by atoms with Gasteiger partial charge in [-0.3, -0.25) is 0 Å². The van der Waals surface area contributed by atoms with E-state index in [0.29, 0.717) is 5.92 Å². The van der Waals surface area contributed by atoms with Gasteiger partial charge in [-0.2, -0.15) is 0 Å². The van der Waals surface area contributed by atoms with Crippen LogP contribution in [0.1, 0.15) is 37.3 Å². The van der Waals surface area contributed by atoms with Gasteiger partial charge in [0.25, 0.3) is 0 Å². The molecule has 1 saturated carbocycles. The third-order valence-corrected chi connectivity index (χ3v) is 4.19. The molecule has 1 aliphatic rings. The Morgan fingerprint density at radius 2 is 1.94 bits per heavy atom. The highest BCUT2D eigenvalue weighted by molar-refractivity contribution is 5.84. The predicted octanol–water partition coefficient (Wildman–Crippen LogP) is 3.37. The molecule has 0 saturated heterocycles. The van der Waals surface area contributed by atoms with Crippen LogP contribution in [0, 0.1) is 5.92 Å². The summed E-state index contributed by atoms with van der Waals surface area (Å²) in [5.41, 5.74) is 9.08. The Balaban J connectivity index is 2.04. The second kappa shape index (κ2) is 4.19. The first-order valence-corrected chi connectivity index (χ1v) is 6.57. The maximum absolute atomic E-state index is 6.47. The largest absolute Gasteiger partial charge is 0.350 e. The van der Waals surface area contributed by atoms with E-state index in [1.807, 2.05) is 0 Å². The Morgan fingerprint density at radius 3 is 2.71 bits per heavy atom. The van der Waals surface area contributed by atoms with Crippen molar-refractivity contribution >= 4 is 10.9 Å². The number of hydrogen-bond donors (Lipinski definition) is 1. The molecule has 2 nitrogen and oxygen atoms in total. The van der Waals surface area contributed by atoms with E-state index in [1.165, 1.54) is 42.1 Å². The van der Waals surface area contributed by atoms with E-state index >= 15 is 0 Å². The van der Waals surface area contributed by atoms with Crippen molar-refractivity contribution < 1.29 is 0 Å². The maximum Gasteiger partial charge on any atom is 0.0481 e. The van der Waals surface area contributed by atoms with Gasteiger partial charge >= 0.3 is 0 Å². The average molecular weight is 228 g/mol. The molecule has 0 amide bonds. The van der Waals surface area contributed by atoms with Gasteiger partial charge in [-0.15, -0.1) is 0 Å². The fourth-order valence-electron chi connectivity index (χ4n) is 3.21. The van der Waals surface area contributed by atoms with E-state index in [0.717, 1.165) is 0 Å². The minimum Gasteiger partial charge on any atom is -0.350 e. The number of aryl methyl sites for hydroxylation is 1. The summed E-state index contributed by atoms with van der Waals surface area (Å²) in [7, 11) is 2.10. The molecule has 2 aromatic rings. The molecule has 0 radical (unpaired) electrons. The second-order valence-electron chi connectivity index (χ2n) is 5.28. The molecule has 17 heavy (non-hydrogen) atoms. The van der Waals surface area contributed by atoms with Gasteiger partial charge < -0.3 is 10.3 Å². The molecule has 1 atom stereocenters. The third kappa shape index (κ3) is 1.77. The first kappa shape index (κ1) is 10.8. The van der Waals surface area contributed by atoms with Gasteiger partial charge in [-0.05, 0) is 30.4 Å². The quantitative estimate of drug-likeness (QED) is 0.839. The Labute approximate surface area is 102 Å². The minimum absolute atomic E-state index is 0.212. The van der Waals surface area contributed by atoms with E-state index in [9.17, 15) is 0 Å². The molecule has 1 aliphatic carbocycles. The van der Waals surface area contributed by atoms with Crippen LogP contribution in [0.4, 0.5) is 0 Å². The van der Waals surface area contributed by atoms with Gasteiger partial charge in [0, 0.05) is 30.2 Å². The molecule has 90 valence electrons. The van der Waals surface area contributed by atoms with Crippen molar-refractivity contribution in [1.29, 1.82) is 0 Å². The van der Waals surface area contributed by atoms with Crippen molar-refractivity contribution in [2.75, 3.05) is 0 Å². The minimum atomic E-state index is 0.212. The lowest BCUT2D eigenvalue weighted by atomic mass is 9.92. The first-order chi connectivity index (χ1) is 8.27. The summed E-state index contributed by atoms with van der Waals surface area (Å²) in [6, 6.07) is 8.77. The lowest BCUT2D eigenvalue weighted by molar-refractivity contribution is 0.446. The molecule has 1 heterocycles. The SMILES string of the molecule is Cn1cc(C(N)C2CCCC2)c2ccccc21. The fourth-order valence-corrected chi connectivity index (χ4v) is 3.21.